The molecule has 0 radical (unpaired) electrons. The fraction of sp³-hybridized carbons (Fsp3) is 0.333. The number of halogens is 1. The van der Waals surface area contributed by atoms with Gasteiger partial charge in [-0.1, -0.05) is 24.9 Å². The van der Waals surface area contributed by atoms with Crippen molar-refractivity contribution in [3.63, 3.8) is 0 Å². The molecule has 2 N–H and O–H groups in total. The highest BCUT2D eigenvalue weighted by Crippen LogP contribution is 2.22. The minimum atomic E-state index is -1.02. The smallest absolute Gasteiger partial charge is 0.326 e. The number of carboxylic acid groups (broad SMARTS) is 1. The van der Waals surface area contributed by atoms with Crippen molar-refractivity contribution in [2.24, 2.45) is 0 Å². The van der Waals surface area contributed by atoms with Crippen LogP contribution >= 0.6 is 22.9 Å². The zero-order chi connectivity index (χ0) is 13.5. The summed E-state index contributed by atoms with van der Waals surface area (Å²) in [6, 6.07) is 2.69. The number of carbonyl (C=O) groups is 2. The number of carbonyl (C=O) groups excluding carboxylic acids is 1. The maximum Gasteiger partial charge on any atom is 0.326 e. The van der Waals surface area contributed by atoms with E-state index in [0.29, 0.717) is 17.2 Å². The average molecular weight is 288 g/mol. The summed E-state index contributed by atoms with van der Waals surface area (Å²) in [5, 5.41) is 11.3. The molecule has 1 rings (SSSR count). The number of aliphatic carboxylic acids is 1. The van der Waals surface area contributed by atoms with Crippen LogP contribution in [-0.2, 0) is 9.59 Å². The highest BCUT2D eigenvalue weighted by atomic mass is 35.5. The van der Waals surface area contributed by atoms with Gasteiger partial charge < -0.3 is 10.4 Å². The first-order chi connectivity index (χ1) is 8.52. The van der Waals surface area contributed by atoms with Gasteiger partial charge in [0.15, 0.2) is 0 Å². The van der Waals surface area contributed by atoms with Gasteiger partial charge in [0.2, 0.25) is 5.91 Å². The van der Waals surface area contributed by atoms with E-state index >= 15 is 0 Å². The van der Waals surface area contributed by atoms with E-state index in [-0.39, 0.29) is 0 Å². The van der Waals surface area contributed by atoms with Crippen molar-refractivity contribution in [3.8, 4) is 0 Å². The van der Waals surface area contributed by atoms with Crippen LogP contribution in [0.1, 0.15) is 24.6 Å². The van der Waals surface area contributed by atoms with Gasteiger partial charge >= 0.3 is 5.97 Å². The van der Waals surface area contributed by atoms with Crippen LogP contribution in [0, 0.1) is 0 Å². The van der Waals surface area contributed by atoms with Crippen LogP contribution < -0.4 is 5.32 Å². The molecule has 4 nitrogen and oxygen atoms in total. The van der Waals surface area contributed by atoms with Crippen molar-refractivity contribution < 1.29 is 14.7 Å². The third-order valence-electron chi connectivity index (χ3n) is 2.18. The molecule has 0 saturated heterocycles. The van der Waals surface area contributed by atoms with E-state index in [9.17, 15) is 9.59 Å². The van der Waals surface area contributed by atoms with Gasteiger partial charge in [-0.05, 0) is 24.6 Å². The summed E-state index contributed by atoms with van der Waals surface area (Å²) in [7, 11) is 0. The largest absolute Gasteiger partial charge is 0.480 e. The van der Waals surface area contributed by atoms with Gasteiger partial charge in [0, 0.05) is 11.0 Å². The van der Waals surface area contributed by atoms with Crippen molar-refractivity contribution in [1.29, 1.82) is 0 Å². The SMILES string of the molecule is CCCC(NC(=O)/C=C/c1ccc(Cl)s1)C(=O)O. The van der Waals surface area contributed by atoms with Gasteiger partial charge in [-0.2, -0.15) is 0 Å². The molecule has 0 aliphatic heterocycles. The molecule has 18 heavy (non-hydrogen) atoms. The second kappa shape index (κ2) is 7.18. The van der Waals surface area contributed by atoms with Crippen molar-refractivity contribution in [1.82, 2.24) is 5.32 Å². The Morgan fingerprint density at radius 3 is 2.78 bits per heavy atom. The predicted octanol–water partition coefficient (Wildman–Crippen LogP) is 2.78. The van der Waals surface area contributed by atoms with Crippen LogP contribution in [-0.4, -0.2) is 23.0 Å². The summed E-state index contributed by atoms with van der Waals surface area (Å²) in [5.74, 6) is -1.43. The van der Waals surface area contributed by atoms with Crippen LogP contribution in [0.25, 0.3) is 6.08 Å². The number of amides is 1. The van der Waals surface area contributed by atoms with Crippen LogP contribution in [0.2, 0.25) is 4.34 Å². The fourth-order valence-corrected chi connectivity index (χ4v) is 2.31. The molecule has 0 bridgehead atoms. The lowest BCUT2D eigenvalue weighted by Gasteiger charge is -2.11. The Bertz CT molecular complexity index is 456. The third-order valence-corrected chi connectivity index (χ3v) is 3.38. The molecule has 0 fully saturated rings. The number of nitrogens with one attached hydrogen (secondary N) is 1. The fourth-order valence-electron chi connectivity index (χ4n) is 1.34. The molecule has 1 atom stereocenters. The molecule has 0 spiro atoms. The maximum atomic E-state index is 11.5. The molecule has 0 aliphatic rings. The Kier molecular flexibility index (Phi) is 5.88. The van der Waals surface area contributed by atoms with Gasteiger partial charge in [-0.3, -0.25) is 4.79 Å². The van der Waals surface area contributed by atoms with Crippen LogP contribution in [0.3, 0.4) is 0 Å². The first-order valence-corrected chi connectivity index (χ1v) is 6.69. The molecule has 0 aliphatic carbocycles. The minimum Gasteiger partial charge on any atom is -0.480 e. The molecule has 0 saturated carbocycles. The van der Waals surface area contributed by atoms with Gasteiger partial charge in [0.05, 0.1) is 4.34 Å². The van der Waals surface area contributed by atoms with Crippen molar-refractivity contribution in [2.75, 3.05) is 0 Å². The van der Waals surface area contributed by atoms with Crippen molar-refractivity contribution in [2.45, 2.75) is 25.8 Å². The first-order valence-electron chi connectivity index (χ1n) is 5.49. The van der Waals surface area contributed by atoms with Crippen LogP contribution in [0.15, 0.2) is 18.2 Å². The zero-order valence-corrected chi connectivity index (χ0v) is 11.4. The predicted molar refractivity (Wildman–Crippen MR) is 72.8 cm³/mol. The molecule has 1 unspecified atom stereocenters. The molecular formula is C12H14ClNO3S. The monoisotopic (exact) mass is 287 g/mol. The molecule has 1 amide bonds. The number of thiophene rings is 1. The van der Waals surface area contributed by atoms with Gasteiger partial charge in [0.25, 0.3) is 0 Å². The zero-order valence-electron chi connectivity index (χ0n) is 9.85. The Balaban J connectivity index is 2.54. The summed E-state index contributed by atoms with van der Waals surface area (Å²) in [6.45, 7) is 1.87. The second-order valence-electron chi connectivity index (χ2n) is 3.66. The summed E-state index contributed by atoms with van der Waals surface area (Å²) in [6.07, 6.45) is 4.03. The van der Waals surface area contributed by atoms with E-state index in [2.05, 4.69) is 5.32 Å². The van der Waals surface area contributed by atoms with Gasteiger partial charge in [-0.15, -0.1) is 11.3 Å². The molecule has 1 aromatic heterocycles. The van der Waals surface area contributed by atoms with Crippen molar-refractivity contribution in [3.05, 3.63) is 27.4 Å². The topological polar surface area (TPSA) is 66.4 Å². The first kappa shape index (κ1) is 14.7. The highest BCUT2D eigenvalue weighted by molar-refractivity contribution is 7.17. The minimum absolute atomic E-state index is 0.416. The van der Waals surface area contributed by atoms with E-state index in [4.69, 9.17) is 16.7 Å². The van der Waals surface area contributed by atoms with E-state index in [1.165, 1.54) is 17.4 Å². The normalized spacial score (nSPS) is 12.6. The Morgan fingerprint density at radius 1 is 1.56 bits per heavy atom. The Labute approximate surface area is 114 Å². The molecule has 0 aromatic carbocycles. The van der Waals surface area contributed by atoms with Crippen molar-refractivity contribution >= 4 is 40.9 Å². The molecule has 1 aromatic rings. The molecule has 6 heteroatoms. The van der Waals surface area contributed by atoms with Crippen LogP contribution in [0.4, 0.5) is 0 Å². The molecule has 98 valence electrons. The quantitative estimate of drug-likeness (QED) is 0.791. The standard InChI is InChI=1S/C12H14ClNO3S/c1-2-3-9(12(16)17)14-11(15)7-5-8-4-6-10(13)18-8/h4-7,9H,2-3H2,1H3,(H,14,15)(H,16,17)/b7-5+. The summed E-state index contributed by atoms with van der Waals surface area (Å²) in [4.78, 5) is 23.2. The third kappa shape index (κ3) is 4.89. The lowest BCUT2D eigenvalue weighted by molar-refractivity contribution is -0.141. The maximum absolute atomic E-state index is 11.5. The number of carboxylic acids is 1. The number of hydrogen-bond acceptors (Lipinski definition) is 3. The van der Waals surface area contributed by atoms with Gasteiger partial charge in [-0.25, -0.2) is 4.79 Å². The summed E-state index contributed by atoms with van der Waals surface area (Å²) < 4.78 is 0.643. The lowest BCUT2D eigenvalue weighted by atomic mass is 10.1. The lowest BCUT2D eigenvalue weighted by Crippen LogP contribution is -2.39. The van der Waals surface area contributed by atoms with Crippen LogP contribution in [0.5, 0.6) is 0 Å². The second-order valence-corrected chi connectivity index (χ2v) is 5.41. The van der Waals surface area contributed by atoms with E-state index < -0.39 is 17.9 Å². The average Bonchev–Trinajstić information content (AvgIpc) is 2.72. The van der Waals surface area contributed by atoms with E-state index in [0.717, 1.165) is 4.88 Å². The van der Waals surface area contributed by atoms with E-state index in [1.807, 2.05) is 6.92 Å². The number of hydrogen-bond donors (Lipinski definition) is 2. The summed E-state index contributed by atoms with van der Waals surface area (Å²) in [5.41, 5.74) is 0. The highest BCUT2D eigenvalue weighted by Gasteiger charge is 2.17. The molecular weight excluding hydrogens is 274 g/mol. The Morgan fingerprint density at radius 2 is 2.28 bits per heavy atom. The summed E-state index contributed by atoms with van der Waals surface area (Å²) >= 11 is 7.10. The van der Waals surface area contributed by atoms with E-state index in [1.54, 1.807) is 18.2 Å². The number of rotatable bonds is 6. The Hall–Kier alpha value is -1.33. The molecule has 1 heterocycles. The van der Waals surface area contributed by atoms with Gasteiger partial charge in [0.1, 0.15) is 6.04 Å².